The smallest absolute Gasteiger partial charge is 0.315 e. The highest BCUT2D eigenvalue weighted by molar-refractivity contribution is 6.43. The fourth-order valence-corrected chi connectivity index (χ4v) is 1.26. The third-order valence-electron chi connectivity index (χ3n) is 2.12. The van der Waals surface area contributed by atoms with E-state index in [1.165, 1.54) is 36.7 Å². The fourth-order valence-electron chi connectivity index (χ4n) is 1.26. The second-order valence-corrected chi connectivity index (χ2v) is 3.46. The van der Waals surface area contributed by atoms with Gasteiger partial charge in [-0.2, -0.15) is 0 Å². The number of halogens is 1. The van der Waals surface area contributed by atoms with Crippen molar-refractivity contribution >= 4 is 23.5 Å². The summed E-state index contributed by atoms with van der Waals surface area (Å²) in [5.74, 6) is -2.61. The molecule has 1 aromatic carbocycles. The third-order valence-corrected chi connectivity index (χ3v) is 2.12. The number of benzene rings is 1. The second kappa shape index (κ2) is 5.67. The van der Waals surface area contributed by atoms with Crippen LogP contribution in [0, 0.1) is 5.82 Å². The van der Waals surface area contributed by atoms with Gasteiger partial charge < -0.3 is 5.32 Å². The van der Waals surface area contributed by atoms with Crippen molar-refractivity contribution in [2.45, 2.75) is 0 Å². The first kappa shape index (κ1) is 12.6. The van der Waals surface area contributed by atoms with E-state index < -0.39 is 17.6 Å². The molecule has 0 bridgehead atoms. The summed E-state index contributed by atoms with van der Waals surface area (Å²) in [5, 5.41) is 4.33. The summed E-state index contributed by atoms with van der Waals surface area (Å²) in [6.07, 6.45) is 2.83. The first-order valence-corrected chi connectivity index (χ1v) is 5.30. The number of hydrogen-bond acceptors (Lipinski definition) is 4. The van der Waals surface area contributed by atoms with Gasteiger partial charge in [0.2, 0.25) is 5.95 Å². The highest BCUT2D eigenvalue weighted by atomic mass is 19.1. The molecule has 19 heavy (non-hydrogen) atoms. The Kier molecular flexibility index (Phi) is 3.77. The zero-order chi connectivity index (χ0) is 13.7. The monoisotopic (exact) mass is 260 g/mol. The van der Waals surface area contributed by atoms with Crippen LogP contribution in [0.4, 0.5) is 16.0 Å². The van der Waals surface area contributed by atoms with Crippen LogP contribution in [0.1, 0.15) is 0 Å². The van der Waals surface area contributed by atoms with Crippen LogP contribution in [0.5, 0.6) is 0 Å². The van der Waals surface area contributed by atoms with Gasteiger partial charge in [0.05, 0.1) is 5.69 Å². The molecule has 0 aliphatic carbocycles. The lowest BCUT2D eigenvalue weighted by atomic mass is 10.3. The predicted octanol–water partition coefficient (Wildman–Crippen LogP) is 1.19. The number of nitrogens with one attached hydrogen (secondary N) is 2. The maximum absolute atomic E-state index is 13.3. The number of amides is 2. The molecule has 2 aromatic rings. The summed E-state index contributed by atoms with van der Waals surface area (Å²) in [5.41, 5.74) is -0.0726. The molecule has 0 radical (unpaired) electrons. The molecule has 1 heterocycles. The number of aromatic nitrogens is 2. The second-order valence-electron chi connectivity index (χ2n) is 3.46. The van der Waals surface area contributed by atoms with Crippen LogP contribution in [0.3, 0.4) is 0 Å². The van der Waals surface area contributed by atoms with Gasteiger partial charge in [-0.05, 0) is 18.2 Å². The van der Waals surface area contributed by atoms with E-state index in [1.807, 2.05) is 0 Å². The van der Waals surface area contributed by atoms with Crippen molar-refractivity contribution in [2.75, 3.05) is 10.6 Å². The van der Waals surface area contributed by atoms with E-state index in [9.17, 15) is 14.0 Å². The Labute approximate surface area is 107 Å². The van der Waals surface area contributed by atoms with Gasteiger partial charge in [-0.1, -0.05) is 12.1 Å². The Morgan fingerprint density at radius 1 is 0.947 bits per heavy atom. The van der Waals surface area contributed by atoms with Crippen LogP contribution in [-0.4, -0.2) is 21.8 Å². The molecule has 96 valence electrons. The Hall–Kier alpha value is -2.83. The highest BCUT2D eigenvalue weighted by Crippen LogP contribution is 2.12. The standard InChI is InChI=1S/C12H9FN4O2/c13-8-4-1-2-5-9(8)16-10(18)11(19)17-12-14-6-3-7-15-12/h1-7H,(H,16,18)(H,14,15,17,19). The molecule has 1 aromatic heterocycles. The molecular weight excluding hydrogens is 251 g/mol. The van der Waals surface area contributed by atoms with E-state index in [0.29, 0.717) is 0 Å². The van der Waals surface area contributed by atoms with Gasteiger partial charge in [-0.25, -0.2) is 14.4 Å². The Balaban J connectivity index is 2.01. The van der Waals surface area contributed by atoms with Gasteiger partial charge in [0.15, 0.2) is 0 Å². The average Bonchev–Trinajstić information content (AvgIpc) is 2.42. The summed E-state index contributed by atoms with van der Waals surface area (Å²) in [4.78, 5) is 30.5. The topological polar surface area (TPSA) is 84.0 Å². The Bertz CT molecular complexity index is 604. The lowest BCUT2D eigenvalue weighted by Gasteiger charge is -2.05. The molecule has 0 saturated carbocycles. The number of rotatable bonds is 2. The van der Waals surface area contributed by atoms with Gasteiger partial charge in [0, 0.05) is 12.4 Å². The normalized spacial score (nSPS) is 9.74. The number of carbonyl (C=O) groups is 2. The quantitative estimate of drug-likeness (QED) is 0.794. The van der Waals surface area contributed by atoms with E-state index in [0.717, 1.165) is 0 Å². The number of hydrogen-bond donors (Lipinski definition) is 2. The molecular formula is C12H9FN4O2. The molecule has 2 N–H and O–H groups in total. The minimum atomic E-state index is -1.00. The zero-order valence-corrected chi connectivity index (χ0v) is 9.63. The van der Waals surface area contributed by atoms with Gasteiger partial charge in [0.25, 0.3) is 0 Å². The van der Waals surface area contributed by atoms with Crippen molar-refractivity contribution in [3.05, 3.63) is 48.5 Å². The van der Waals surface area contributed by atoms with Gasteiger partial charge in [-0.15, -0.1) is 0 Å². The van der Waals surface area contributed by atoms with E-state index >= 15 is 0 Å². The average molecular weight is 260 g/mol. The molecule has 0 aliphatic rings. The molecule has 0 spiro atoms. The van der Waals surface area contributed by atoms with E-state index in [2.05, 4.69) is 20.6 Å². The third kappa shape index (κ3) is 3.32. The van der Waals surface area contributed by atoms with E-state index in [-0.39, 0.29) is 11.6 Å². The van der Waals surface area contributed by atoms with Crippen molar-refractivity contribution in [3.63, 3.8) is 0 Å². The summed E-state index contributed by atoms with van der Waals surface area (Å²) in [6.45, 7) is 0. The van der Waals surface area contributed by atoms with Crippen LogP contribution in [0.15, 0.2) is 42.7 Å². The van der Waals surface area contributed by atoms with Crippen molar-refractivity contribution in [1.82, 2.24) is 9.97 Å². The molecule has 0 unspecified atom stereocenters. The zero-order valence-electron chi connectivity index (χ0n) is 9.63. The summed E-state index contributed by atoms with van der Waals surface area (Å²) in [6, 6.07) is 7.10. The molecule has 0 atom stereocenters. The van der Waals surface area contributed by atoms with Crippen LogP contribution < -0.4 is 10.6 Å². The minimum absolute atomic E-state index is 0.00353. The molecule has 6 nitrogen and oxygen atoms in total. The SMILES string of the molecule is O=C(Nc1ncccn1)C(=O)Nc1ccccc1F. The molecule has 7 heteroatoms. The molecule has 2 rings (SSSR count). The van der Waals surface area contributed by atoms with Gasteiger partial charge in [0.1, 0.15) is 5.82 Å². The number of nitrogens with zero attached hydrogens (tertiary/aromatic N) is 2. The van der Waals surface area contributed by atoms with Crippen molar-refractivity contribution < 1.29 is 14.0 Å². The number of para-hydroxylation sites is 1. The van der Waals surface area contributed by atoms with Crippen LogP contribution in [-0.2, 0) is 9.59 Å². The van der Waals surface area contributed by atoms with Crippen LogP contribution in [0.2, 0.25) is 0 Å². The minimum Gasteiger partial charge on any atom is -0.315 e. The molecule has 0 saturated heterocycles. The first-order chi connectivity index (χ1) is 9.16. The summed E-state index contributed by atoms with van der Waals surface area (Å²) >= 11 is 0. The van der Waals surface area contributed by atoms with E-state index in [1.54, 1.807) is 6.07 Å². The van der Waals surface area contributed by atoms with Crippen LogP contribution >= 0.6 is 0 Å². The maximum Gasteiger partial charge on any atom is 0.316 e. The van der Waals surface area contributed by atoms with Gasteiger partial charge >= 0.3 is 11.8 Å². The van der Waals surface area contributed by atoms with Crippen molar-refractivity contribution in [3.8, 4) is 0 Å². The lowest BCUT2D eigenvalue weighted by molar-refractivity contribution is -0.133. The first-order valence-electron chi connectivity index (χ1n) is 5.30. The Morgan fingerprint density at radius 3 is 2.26 bits per heavy atom. The summed E-state index contributed by atoms with van der Waals surface area (Å²) in [7, 11) is 0. The number of anilines is 2. The predicted molar refractivity (Wildman–Crippen MR) is 65.7 cm³/mol. The molecule has 2 amide bonds. The van der Waals surface area contributed by atoms with Crippen molar-refractivity contribution in [2.24, 2.45) is 0 Å². The summed E-state index contributed by atoms with van der Waals surface area (Å²) < 4.78 is 13.3. The highest BCUT2D eigenvalue weighted by Gasteiger charge is 2.16. The van der Waals surface area contributed by atoms with E-state index in [4.69, 9.17) is 0 Å². The van der Waals surface area contributed by atoms with Crippen molar-refractivity contribution in [1.29, 1.82) is 0 Å². The fraction of sp³-hybridized carbons (Fsp3) is 0. The maximum atomic E-state index is 13.3. The molecule has 0 aliphatic heterocycles. The van der Waals surface area contributed by atoms with Crippen LogP contribution in [0.25, 0.3) is 0 Å². The molecule has 0 fully saturated rings. The lowest BCUT2D eigenvalue weighted by Crippen LogP contribution is -2.30. The Morgan fingerprint density at radius 2 is 1.58 bits per heavy atom. The number of carbonyl (C=O) groups excluding carboxylic acids is 2. The van der Waals surface area contributed by atoms with Gasteiger partial charge in [-0.3, -0.25) is 14.9 Å². The largest absolute Gasteiger partial charge is 0.316 e.